The van der Waals surface area contributed by atoms with Gasteiger partial charge in [0.1, 0.15) is 11.6 Å². The minimum Gasteiger partial charge on any atom is -0.459 e. The number of furan rings is 1. The van der Waals surface area contributed by atoms with Crippen molar-refractivity contribution >= 4 is 23.5 Å². The maximum Gasteiger partial charge on any atom is 0.289 e. The molecule has 0 radical (unpaired) electrons. The van der Waals surface area contributed by atoms with Crippen molar-refractivity contribution in [3.63, 3.8) is 0 Å². The third-order valence-electron chi connectivity index (χ3n) is 3.37. The Kier molecular flexibility index (Phi) is 3.35. The van der Waals surface area contributed by atoms with Crippen LogP contribution in [0.2, 0.25) is 0 Å². The van der Waals surface area contributed by atoms with Gasteiger partial charge < -0.3 is 25.7 Å². The Hall–Kier alpha value is -2.77. The zero-order chi connectivity index (χ0) is 14.8. The van der Waals surface area contributed by atoms with Crippen LogP contribution in [0.15, 0.2) is 28.9 Å². The van der Waals surface area contributed by atoms with Crippen LogP contribution in [0.3, 0.4) is 0 Å². The lowest BCUT2D eigenvalue weighted by Gasteiger charge is -2.35. The smallest absolute Gasteiger partial charge is 0.289 e. The topological polar surface area (TPSA) is 115 Å². The fourth-order valence-corrected chi connectivity index (χ4v) is 2.33. The Balaban J connectivity index is 1.66. The molecule has 21 heavy (non-hydrogen) atoms. The fraction of sp³-hybridized carbons (Fsp3) is 0.308. The Bertz CT molecular complexity index is 614. The van der Waals surface area contributed by atoms with Crippen molar-refractivity contribution in [3.05, 3.63) is 30.2 Å². The van der Waals surface area contributed by atoms with Crippen LogP contribution in [0.5, 0.6) is 0 Å². The molecule has 4 N–H and O–H groups in total. The number of nitrogen functional groups attached to an aromatic ring is 2. The summed E-state index contributed by atoms with van der Waals surface area (Å²) in [6.07, 6.45) is 1.50. The molecule has 0 aliphatic carbocycles. The number of anilines is 3. The van der Waals surface area contributed by atoms with Crippen LogP contribution in [0.25, 0.3) is 0 Å². The number of nitrogens with zero attached hydrogens (tertiary/aromatic N) is 4. The summed E-state index contributed by atoms with van der Waals surface area (Å²) in [7, 11) is 0. The average molecular weight is 288 g/mol. The maximum atomic E-state index is 12.2. The normalized spacial score (nSPS) is 15.2. The molecule has 110 valence electrons. The van der Waals surface area contributed by atoms with Crippen molar-refractivity contribution in [3.8, 4) is 0 Å². The van der Waals surface area contributed by atoms with Gasteiger partial charge in [-0.2, -0.15) is 9.97 Å². The van der Waals surface area contributed by atoms with Crippen molar-refractivity contribution in [2.75, 3.05) is 42.5 Å². The van der Waals surface area contributed by atoms with Crippen molar-refractivity contribution in [2.45, 2.75) is 0 Å². The van der Waals surface area contributed by atoms with Crippen molar-refractivity contribution < 1.29 is 9.21 Å². The van der Waals surface area contributed by atoms with Gasteiger partial charge in [0, 0.05) is 32.2 Å². The lowest BCUT2D eigenvalue weighted by molar-refractivity contribution is 0.0714. The van der Waals surface area contributed by atoms with E-state index in [9.17, 15) is 4.79 Å². The summed E-state index contributed by atoms with van der Waals surface area (Å²) in [5, 5.41) is 0. The molecule has 2 aromatic heterocycles. The summed E-state index contributed by atoms with van der Waals surface area (Å²) in [5.74, 6) is 1.44. The number of rotatable bonds is 2. The van der Waals surface area contributed by atoms with Crippen molar-refractivity contribution in [1.82, 2.24) is 14.9 Å². The van der Waals surface area contributed by atoms with Gasteiger partial charge in [-0.15, -0.1) is 0 Å². The molecule has 0 saturated carbocycles. The quantitative estimate of drug-likeness (QED) is 0.811. The predicted octanol–water partition coefficient (Wildman–Crippen LogP) is 0.196. The Labute approximate surface area is 121 Å². The van der Waals surface area contributed by atoms with Crippen molar-refractivity contribution in [1.29, 1.82) is 0 Å². The van der Waals surface area contributed by atoms with Gasteiger partial charge >= 0.3 is 0 Å². The first-order valence-corrected chi connectivity index (χ1v) is 6.61. The molecule has 1 fully saturated rings. The molecule has 0 spiro atoms. The number of hydrogen-bond acceptors (Lipinski definition) is 7. The van der Waals surface area contributed by atoms with E-state index < -0.39 is 0 Å². The van der Waals surface area contributed by atoms with E-state index in [0.29, 0.717) is 43.6 Å². The molecule has 0 bridgehead atoms. The maximum absolute atomic E-state index is 12.2. The Morgan fingerprint density at radius 3 is 2.57 bits per heavy atom. The van der Waals surface area contributed by atoms with Crippen LogP contribution in [0.1, 0.15) is 10.6 Å². The molecule has 2 aromatic rings. The third-order valence-corrected chi connectivity index (χ3v) is 3.37. The number of hydrogen-bond donors (Lipinski definition) is 2. The first-order valence-electron chi connectivity index (χ1n) is 6.61. The number of amides is 1. The second kappa shape index (κ2) is 5.31. The average Bonchev–Trinajstić information content (AvgIpc) is 3.00. The van der Waals surface area contributed by atoms with Crippen LogP contribution in [-0.2, 0) is 0 Å². The van der Waals surface area contributed by atoms with Gasteiger partial charge in [-0.3, -0.25) is 4.79 Å². The van der Waals surface area contributed by atoms with Gasteiger partial charge in [-0.05, 0) is 12.1 Å². The second-order valence-corrected chi connectivity index (χ2v) is 4.77. The summed E-state index contributed by atoms with van der Waals surface area (Å²) in [4.78, 5) is 24.0. The van der Waals surface area contributed by atoms with Gasteiger partial charge in [0.05, 0.1) is 6.26 Å². The van der Waals surface area contributed by atoms with Crippen molar-refractivity contribution in [2.24, 2.45) is 0 Å². The van der Waals surface area contributed by atoms with E-state index in [1.54, 1.807) is 23.1 Å². The molecule has 0 unspecified atom stereocenters. The molecule has 0 atom stereocenters. The van der Waals surface area contributed by atoms with Crippen LogP contribution in [0.4, 0.5) is 17.6 Å². The molecule has 8 heteroatoms. The van der Waals surface area contributed by atoms with Crippen LogP contribution in [0, 0.1) is 0 Å². The summed E-state index contributed by atoms with van der Waals surface area (Å²) in [5.41, 5.74) is 11.3. The van der Waals surface area contributed by atoms with E-state index in [0.717, 1.165) is 0 Å². The number of nitrogens with two attached hydrogens (primary N) is 2. The van der Waals surface area contributed by atoms with Crippen LogP contribution in [-0.4, -0.2) is 47.0 Å². The van der Waals surface area contributed by atoms with E-state index in [-0.39, 0.29) is 11.9 Å². The third kappa shape index (κ3) is 2.73. The summed E-state index contributed by atoms with van der Waals surface area (Å²) in [6.45, 7) is 2.48. The van der Waals surface area contributed by atoms with E-state index in [2.05, 4.69) is 9.97 Å². The molecular weight excluding hydrogens is 272 g/mol. The van der Waals surface area contributed by atoms with E-state index >= 15 is 0 Å². The highest BCUT2D eigenvalue weighted by Gasteiger charge is 2.24. The zero-order valence-electron chi connectivity index (χ0n) is 11.4. The highest BCUT2D eigenvalue weighted by molar-refractivity contribution is 5.91. The lowest BCUT2D eigenvalue weighted by atomic mass is 10.3. The minimum absolute atomic E-state index is 0.0960. The molecule has 3 heterocycles. The summed E-state index contributed by atoms with van der Waals surface area (Å²) < 4.78 is 5.13. The first kappa shape index (κ1) is 13.2. The zero-order valence-corrected chi connectivity index (χ0v) is 11.4. The highest BCUT2D eigenvalue weighted by atomic mass is 16.3. The first-order chi connectivity index (χ1) is 10.1. The van der Waals surface area contributed by atoms with E-state index in [1.807, 2.05) is 4.90 Å². The summed E-state index contributed by atoms with van der Waals surface area (Å²) >= 11 is 0. The molecule has 3 rings (SSSR count). The monoisotopic (exact) mass is 288 g/mol. The van der Waals surface area contributed by atoms with Gasteiger partial charge in [0.15, 0.2) is 5.76 Å². The van der Waals surface area contributed by atoms with Gasteiger partial charge in [-0.25, -0.2) is 0 Å². The molecule has 1 saturated heterocycles. The standard InChI is InChI=1S/C13H16N6O2/c14-10-8-11(17-13(15)16-10)18-3-5-19(6-4-18)12(20)9-2-1-7-21-9/h1-2,7-8H,3-6H2,(H4,14,15,16,17). The number of piperazine rings is 1. The molecule has 1 aliphatic heterocycles. The molecule has 8 nitrogen and oxygen atoms in total. The van der Waals surface area contributed by atoms with Gasteiger partial charge in [-0.1, -0.05) is 0 Å². The summed E-state index contributed by atoms with van der Waals surface area (Å²) in [6, 6.07) is 5.05. The van der Waals surface area contributed by atoms with Gasteiger partial charge in [0.2, 0.25) is 5.95 Å². The number of carbonyl (C=O) groups is 1. The van der Waals surface area contributed by atoms with E-state index in [4.69, 9.17) is 15.9 Å². The van der Waals surface area contributed by atoms with E-state index in [1.165, 1.54) is 6.26 Å². The molecule has 1 amide bonds. The molecule has 0 aromatic carbocycles. The number of carbonyl (C=O) groups excluding carboxylic acids is 1. The Morgan fingerprint density at radius 2 is 1.95 bits per heavy atom. The Morgan fingerprint density at radius 1 is 1.19 bits per heavy atom. The lowest BCUT2D eigenvalue weighted by Crippen LogP contribution is -2.49. The SMILES string of the molecule is Nc1cc(N2CCN(C(=O)c3ccco3)CC2)nc(N)n1. The van der Waals surface area contributed by atoms with Crippen LogP contribution >= 0.6 is 0 Å². The minimum atomic E-state index is -0.0960. The largest absolute Gasteiger partial charge is 0.459 e. The number of aromatic nitrogens is 2. The second-order valence-electron chi connectivity index (χ2n) is 4.77. The van der Waals surface area contributed by atoms with Gasteiger partial charge in [0.25, 0.3) is 5.91 Å². The highest BCUT2D eigenvalue weighted by Crippen LogP contribution is 2.18. The fourth-order valence-electron chi connectivity index (χ4n) is 2.33. The van der Waals surface area contributed by atoms with Crippen LogP contribution < -0.4 is 16.4 Å². The molecular formula is C13H16N6O2. The predicted molar refractivity (Wildman–Crippen MR) is 77.7 cm³/mol. The molecule has 1 aliphatic rings.